The van der Waals surface area contributed by atoms with Crippen LogP contribution in [0.2, 0.25) is 0 Å². The van der Waals surface area contributed by atoms with E-state index < -0.39 is 35.3 Å². The van der Waals surface area contributed by atoms with Gasteiger partial charge in [0, 0.05) is 79.4 Å². The summed E-state index contributed by atoms with van der Waals surface area (Å²) in [6.07, 6.45) is 4.19. The molecular weight excluding hydrogens is 867 g/mol. The number of nitrogens with one attached hydrogen (secondary N) is 4. The molecule has 1 unspecified atom stereocenters. The van der Waals surface area contributed by atoms with Gasteiger partial charge in [-0.1, -0.05) is 45.0 Å². The molecule has 3 fully saturated rings. The second-order valence-electron chi connectivity index (χ2n) is 18.8. The molecule has 3 aliphatic rings. The molecule has 362 valence electrons. The first-order chi connectivity index (χ1) is 31.6. The van der Waals surface area contributed by atoms with Crippen LogP contribution in [0.4, 0.5) is 22.6 Å². The van der Waals surface area contributed by atoms with Crippen LogP contribution in [-0.2, 0) is 35.1 Å². The fourth-order valence-corrected chi connectivity index (χ4v) is 9.55. The number of aromatic nitrogens is 4. The summed E-state index contributed by atoms with van der Waals surface area (Å²) in [6, 6.07) is 6.15. The Balaban J connectivity index is 1.02. The van der Waals surface area contributed by atoms with Crippen LogP contribution in [-0.4, -0.2) is 156 Å². The zero-order valence-corrected chi connectivity index (χ0v) is 40.4. The summed E-state index contributed by atoms with van der Waals surface area (Å²) in [5.74, 6) is 0.563. The highest BCUT2D eigenvalue weighted by Crippen LogP contribution is 2.31. The predicted octanol–water partition coefficient (Wildman–Crippen LogP) is 4.22. The van der Waals surface area contributed by atoms with Crippen LogP contribution in [0.3, 0.4) is 0 Å². The van der Waals surface area contributed by atoms with E-state index in [9.17, 15) is 24.3 Å². The highest BCUT2D eigenvalue weighted by molar-refractivity contribution is 7.13. The van der Waals surface area contributed by atoms with Gasteiger partial charge in [-0.2, -0.15) is 15.0 Å². The molecule has 1 aromatic carbocycles. The van der Waals surface area contributed by atoms with Crippen molar-refractivity contribution in [3.63, 3.8) is 0 Å². The monoisotopic (exact) mass is 936 g/mol. The fourth-order valence-electron chi connectivity index (χ4n) is 8.73. The van der Waals surface area contributed by atoms with E-state index in [0.29, 0.717) is 70.2 Å². The molecule has 0 aliphatic carbocycles. The number of anilines is 3. The minimum Gasteiger partial charge on any atom is -0.453 e. The van der Waals surface area contributed by atoms with Crippen molar-refractivity contribution >= 4 is 53.0 Å². The van der Waals surface area contributed by atoms with Crippen molar-refractivity contribution in [3.8, 4) is 10.4 Å². The Kier molecular flexibility index (Phi) is 17.5. The number of aryl methyl sites for hydroxylation is 1. The third-order valence-corrected chi connectivity index (χ3v) is 13.6. The van der Waals surface area contributed by atoms with Gasteiger partial charge in [-0.25, -0.2) is 9.78 Å². The van der Waals surface area contributed by atoms with Gasteiger partial charge in [0.25, 0.3) is 0 Å². The largest absolute Gasteiger partial charge is 0.453 e. The van der Waals surface area contributed by atoms with Crippen LogP contribution in [0.5, 0.6) is 0 Å². The minimum absolute atomic E-state index is 0.00684. The summed E-state index contributed by atoms with van der Waals surface area (Å²) >= 11 is 1.58. The fraction of sp³-hybridized carbons (Fsp3) is 0.652. The molecule has 20 heteroatoms. The van der Waals surface area contributed by atoms with Gasteiger partial charge in [0.1, 0.15) is 17.7 Å². The number of hydrogen-bond donors (Lipinski definition) is 5. The normalized spacial score (nSPS) is 20.7. The molecule has 3 saturated heterocycles. The van der Waals surface area contributed by atoms with Crippen molar-refractivity contribution in [2.24, 2.45) is 11.3 Å². The molecule has 4 amide bonds. The highest BCUT2D eigenvalue weighted by Gasteiger charge is 2.44. The lowest BCUT2D eigenvalue weighted by Crippen LogP contribution is -2.57. The van der Waals surface area contributed by atoms with Gasteiger partial charge in [-0.3, -0.25) is 14.4 Å². The first-order valence-electron chi connectivity index (χ1n) is 23.0. The third kappa shape index (κ3) is 13.5. The number of likely N-dealkylation sites (tertiary alicyclic amines) is 1. The molecule has 5 N–H and O–H groups in total. The van der Waals surface area contributed by atoms with E-state index in [4.69, 9.17) is 24.2 Å². The molecule has 4 atom stereocenters. The number of carbonyl (C=O) groups is 4. The number of methoxy groups -OCH3 is 2. The van der Waals surface area contributed by atoms with Gasteiger partial charge in [-0.05, 0) is 67.9 Å². The summed E-state index contributed by atoms with van der Waals surface area (Å²) in [5.41, 5.74) is 3.59. The smallest absolute Gasteiger partial charge is 0.409 e. The molecule has 0 radical (unpaired) electrons. The number of rotatable bonds is 19. The predicted molar refractivity (Wildman–Crippen MR) is 252 cm³/mol. The van der Waals surface area contributed by atoms with Crippen molar-refractivity contribution < 1.29 is 38.5 Å². The number of β-amino-alcohol motifs (C(OH)–C–C–N with tert-alkyl or cyclic N) is 1. The second kappa shape index (κ2) is 23.0. The zero-order chi connectivity index (χ0) is 47.4. The first-order valence-corrected chi connectivity index (χ1v) is 23.9. The number of benzene rings is 1. The van der Waals surface area contributed by atoms with Gasteiger partial charge in [0.2, 0.25) is 35.6 Å². The number of nitrogens with zero attached hydrogens (tertiary/aromatic N) is 7. The number of piperidine rings is 1. The number of hydrogen-bond acceptors (Lipinski definition) is 16. The van der Waals surface area contributed by atoms with Crippen molar-refractivity contribution in [1.29, 1.82) is 0 Å². The lowest BCUT2D eigenvalue weighted by atomic mass is 9.85. The maximum Gasteiger partial charge on any atom is 0.409 e. The number of carbonyl (C=O) groups excluding carboxylic acids is 4. The quantitative estimate of drug-likeness (QED) is 0.114. The Labute approximate surface area is 392 Å². The Morgan fingerprint density at radius 2 is 1.77 bits per heavy atom. The topological polar surface area (TPSA) is 226 Å². The molecule has 5 heterocycles. The molecule has 19 nitrogen and oxygen atoms in total. The number of likely N-dealkylation sites (N-methyl/N-ethyl adjacent to an activating group) is 1. The maximum absolute atomic E-state index is 14.2. The van der Waals surface area contributed by atoms with Crippen LogP contribution < -0.4 is 26.2 Å². The molecule has 0 saturated carbocycles. The van der Waals surface area contributed by atoms with Gasteiger partial charge in [0.15, 0.2) is 0 Å². The Morgan fingerprint density at radius 3 is 2.41 bits per heavy atom. The lowest BCUT2D eigenvalue weighted by molar-refractivity contribution is -0.144. The molecule has 0 spiro atoms. The second-order valence-corrected chi connectivity index (χ2v) is 19.6. The number of aliphatic hydroxyl groups excluding tert-OH is 1. The average molecular weight is 936 g/mol. The molecular formula is C46H69N11O8S. The van der Waals surface area contributed by atoms with E-state index in [1.54, 1.807) is 25.5 Å². The van der Waals surface area contributed by atoms with E-state index in [0.717, 1.165) is 53.8 Å². The summed E-state index contributed by atoms with van der Waals surface area (Å²) in [7, 11) is 4.66. The molecule has 66 heavy (non-hydrogen) atoms. The lowest BCUT2D eigenvalue weighted by Gasteiger charge is -2.37. The summed E-state index contributed by atoms with van der Waals surface area (Å²) in [6.45, 7) is 11.6. The minimum atomic E-state index is -0.903. The molecule has 3 aromatic rings. The van der Waals surface area contributed by atoms with E-state index in [1.807, 2.05) is 57.5 Å². The van der Waals surface area contributed by atoms with Crippen LogP contribution in [0.1, 0.15) is 83.4 Å². The van der Waals surface area contributed by atoms with Gasteiger partial charge in [-0.15, -0.1) is 11.3 Å². The van der Waals surface area contributed by atoms with Gasteiger partial charge in [0.05, 0.1) is 35.9 Å². The Hall–Kier alpha value is -5.18. The van der Waals surface area contributed by atoms with Crippen LogP contribution >= 0.6 is 11.3 Å². The average Bonchev–Trinajstić information content (AvgIpc) is 3.93. The first kappa shape index (κ1) is 50.2. The number of amides is 4. The summed E-state index contributed by atoms with van der Waals surface area (Å²) in [5, 5.41) is 23.3. The van der Waals surface area contributed by atoms with Gasteiger partial charge < -0.3 is 55.3 Å². The third-order valence-electron chi connectivity index (χ3n) is 12.6. The van der Waals surface area contributed by atoms with Crippen molar-refractivity contribution in [2.75, 3.05) is 89.3 Å². The van der Waals surface area contributed by atoms with Crippen LogP contribution in [0.25, 0.3) is 10.4 Å². The van der Waals surface area contributed by atoms with Crippen LogP contribution in [0.15, 0.2) is 29.8 Å². The van der Waals surface area contributed by atoms with E-state index >= 15 is 0 Å². The Morgan fingerprint density at radius 1 is 1.05 bits per heavy atom. The SMILES string of the molecule is COCC1(CNc2nc(NCCN(C)C(=O)OC)nc(N3CCC(CCC(=O)N[C@H](C(=O)N4C[C@H](O)C[C@H]4C(=O)NCc4ccc(-c5scnc5C)cc4)C(C)(C)C)CC3)n2)CCCCO1. The van der Waals surface area contributed by atoms with E-state index in [-0.39, 0.29) is 49.6 Å². The van der Waals surface area contributed by atoms with Crippen molar-refractivity contribution in [2.45, 2.75) is 109 Å². The van der Waals surface area contributed by atoms with Crippen molar-refractivity contribution in [1.82, 2.24) is 40.4 Å². The summed E-state index contributed by atoms with van der Waals surface area (Å²) < 4.78 is 16.5. The number of ether oxygens (including phenoxy) is 3. The number of thiazole rings is 1. The van der Waals surface area contributed by atoms with Crippen LogP contribution in [0, 0.1) is 18.3 Å². The molecule has 0 bridgehead atoms. The molecule has 6 rings (SSSR count). The molecule has 2 aromatic heterocycles. The van der Waals surface area contributed by atoms with E-state index in [1.165, 1.54) is 16.9 Å². The van der Waals surface area contributed by atoms with Crippen molar-refractivity contribution in [3.05, 3.63) is 41.0 Å². The zero-order valence-electron chi connectivity index (χ0n) is 39.6. The van der Waals surface area contributed by atoms with Gasteiger partial charge >= 0.3 is 6.09 Å². The standard InChI is InChI=1S/C46H69N11O8S/c1-30-37(66-29-50-30)33-13-10-32(11-14-33)25-48-39(60)35-24-34(58)26-57(35)40(61)38(45(2,3)4)51-36(59)15-12-31-16-20-56(21-17-31)43-53-41(47-19-22-55(5)44(62)64-7)52-42(54-43)49-27-46(28-63-6)18-8-9-23-65-46/h10-11,13-14,29,31,34-35,38,58H,8-9,12,15-28H2,1-7H3,(H,48,60)(H,51,59)(H2,47,49,52,53,54)/t34-,35+,38-,46?/m1/s1. The molecule has 3 aliphatic heterocycles. The summed E-state index contributed by atoms with van der Waals surface area (Å²) in [4.78, 5) is 77.9. The number of aliphatic hydroxyl groups is 1. The van der Waals surface area contributed by atoms with E-state index in [2.05, 4.69) is 36.1 Å². The maximum atomic E-state index is 14.2. The highest BCUT2D eigenvalue weighted by atomic mass is 32.1. The Bertz CT molecular complexity index is 2080.